The number of nitrogens with zero attached hydrogens (tertiary/aromatic N) is 1. The van der Waals surface area contributed by atoms with Gasteiger partial charge >= 0.3 is 0 Å². The first-order chi connectivity index (χ1) is 12.2. The second-order valence-corrected chi connectivity index (χ2v) is 7.32. The fourth-order valence-corrected chi connectivity index (χ4v) is 4.24. The lowest BCUT2D eigenvalue weighted by Gasteiger charge is -2.09. The summed E-state index contributed by atoms with van der Waals surface area (Å²) in [6, 6.07) is 9.48. The first-order valence-corrected chi connectivity index (χ1v) is 9.63. The molecule has 1 aliphatic carbocycles. The lowest BCUT2D eigenvalue weighted by atomic mass is 9.96. The molecule has 1 amide bonds. The first kappa shape index (κ1) is 17.5. The van der Waals surface area contributed by atoms with Crippen LogP contribution in [0, 0.1) is 11.3 Å². The number of hydrogen-bond donors (Lipinski definition) is 1. The number of thiophene rings is 1. The number of rotatable bonds is 6. The maximum absolute atomic E-state index is 12.6. The Morgan fingerprint density at radius 2 is 2.20 bits per heavy atom. The van der Waals surface area contributed by atoms with Crippen molar-refractivity contribution < 1.29 is 9.53 Å². The molecule has 130 valence electrons. The summed E-state index contributed by atoms with van der Waals surface area (Å²) >= 11 is 1.54. The van der Waals surface area contributed by atoms with Crippen LogP contribution in [0.2, 0.25) is 0 Å². The van der Waals surface area contributed by atoms with Crippen molar-refractivity contribution in [3.05, 3.63) is 45.8 Å². The molecule has 1 N–H and O–H groups in total. The predicted molar refractivity (Wildman–Crippen MR) is 100 cm³/mol. The van der Waals surface area contributed by atoms with Crippen molar-refractivity contribution in [1.29, 1.82) is 5.26 Å². The van der Waals surface area contributed by atoms with Crippen molar-refractivity contribution in [3.8, 4) is 11.8 Å². The molecule has 1 aromatic heterocycles. The van der Waals surface area contributed by atoms with Gasteiger partial charge in [0.1, 0.15) is 16.8 Å². The van der Waals surface area contributed by atoms with Gasteiger partial charge < -0.3 is 10.1 Å². The SMILES string of the molecule is CCCCOc1cccc(C(=O)Nc2sc3c(c2C#N)CCCC3)c1. The molecule has 0 aliphatic heterocycles. The number of carbonyl (C=O) groups is 1. The van der Waals surface area contributed by atoms with E-state index in [0.29, 0.717) is 28.5 Å². The Hall–Kier alpha value is -2.32. The molecule has 0 unspecified atom stereocenters. The Balaban J connectivity index is 1.76. The van der Waals surface area contributed by atoms with Crippen molar-refractivity contribution in [3.63, 3.8) is 0 Å². The molecule has 2 aromatic rings. The maximum Gasteiger partial charge on any atom is 0.256 e. The molecule has 0 atom stereocenters. The summed E-state index contributed by atoms with van der Waals surface area (Å²) in [5, 5.41) is 13.1. The summed E-state index contributed by atoms with van der Waals surface area (Å²) in [7, 11) is 0. The normalized spacial score (nSPS) is 13.0. The highest BCUT2D eigenvalue weighted by Gasteiger charge is 2.22. The van der Waals surface area contributed by atoms with E-state index < -0.39 is 0 Å². The summed E-state index contributed by atoms with van der Waals surface area (Å²) in [6.45, 7) is 2.76. The number of benzene rings is 1. The molecule has 0 saturated heterocycles. The van der Waals surface area contributed by atoms with Crippen LogP contribution >= 0.6 is 11.3 Å². The lowest BCUT2D eigenvalue weighted by Crippen LogP contribution is -2.12. The zero-order chi connectivity index (χ0) is 17.6. The molecular formula is C20H22N2O2S. The Kier molecular flexibility index (Phi) is 5.72. The quantitative estimate of drug-likeness (QED) is 0.748. The van der Waals surface area contributed by atoms with E-state index in [-0.39, 0.29) is 5.91 Å². The maximum atomic E-state index is 12.6. The van der Waals surface area contributed by atoms with E-state index in [1.54, 1.807) is 23.5 Å². The highest BCUT2D eigenvalue weighted by molar-refractivity contribution is 7.16. The van der Waals surface area contributed by atoms with E-state index >= 15 is 0 Å². The molecule has 1 aliphatic rings. The van der Waals surface area contributed by atoms with E-state index in [1.165, 1.54) is 4.88 Å². The van der Waals surface area contributed by atoms with E-state index in [9.17, 15) is 10.1 Å². The average molecular weight is 354 g/mol. The molecule has 1 aromatic carbocycles. The summed E-state index contributed by atoms with van der Waals surface area (Å²) in [4.78, 5) is 13.9. The minimum atomic E-state index is -0.198. The van der Waals surface area contributed by atoms with Crippen molar-refractivity contribution in [2.45, 2.75) is 45.4 Å². The second-order valence-electron chi connectivity index (χ2n) is 6.21. The number of fused-ring (bicyclic) bond motifs is 1. The van der Waals surface area contributed by atoms with Crippen LogP contribution in [-0.2, 0) is 12.8 Å². The number of amides is 1. The minimum Gasteiger partial charge on any atom is -0.494 e. The lowest BCUT2D eigenvalue weighted by molar-refractivity contribution is 0.102. The number of nitriles is 1. The fraction of sp³-hybridized carbons (Fsp3) is 0.400. The zero-order valence-corrected chi connectivity index (χ0v) is 15.2. The van der Waals surface area contributed by atoms with Crippen molar-refractivity contribution in [1.82, 2.24) is 0 Å². The largest absolute Gasteiger partial charge is 0.494 e. The molecule has 1 heterocycles. The monoisotopic (exact) mass is 354 g/mol. The summed E-state index contributed by atoms with van der Waals surface area (Å²) in [6.07, 6.45) is 6.27. The topological polar surface area (TPSA) is 62.1 Å². The van der Waals surface area contributed by atoms with E-state index in [1.807, 2.05) is 12.1 Å². The number of nitrogens with one attached hydrogen (secondary N) is 1. The smallest absolute Gasteiger partial charge is 0.256 e. The van der Waals surface area contributed by atoms with Crippen molar-refractivity contribution in [2.24, 2.45) is 0 Å². The van der Waals surface area contributed by atoms with Gasteiger partial charge in [-0.05, 0) is 55.9 Å². The Morgan fingerprint density at radius 1 is 1.36 bits per heavy atom. The molecule has 3 rings (SSSR count). The van der Waals surface area contributed by atoms with Crippen LogP contribution in [0.3, 0.4) is 0 Å². The zero-order valence-electron chi connectivity index (χ0n) is 14.4. The van der Waals surface area contributed by atoms with Gasteiger partial charge in [0.05, 0.1) is 12.2 Å². The molecule has 0 spiro atoms. The third kappa shape index (κ3) is 4.02. The predicted octanol–water partition coefficient (Wildman–Crippen LogP) is 4.93. The third-order valence-corrected chi connectivity index (χ3v) is 5.58. The first-order valence-electron chi connectivity index (χ1n) is 8.81. The van der Waals surface area contributed by atoms with Crippen molar-refractivity contribution >= 4 is 22.2 Å². The van der Waals surface area contributed by atoms with E-state index in [4.69, 9.17) is 4.74 Å². The molecular weight excluding hydrogens is 332 g/mol. The highest BCUT2D eigenvalue weighted by atomic mass is 32.1. The molecule has 5 heteroatoms. The van der Waals surface area contributed by atoms with Crippen molar-refractivity contribution in [2.75, 3.05) is 11.9 Å². The van der Waals surface area contributed by atoms with Crippen LogP contribution in [0.1, 0.15) is 59.0 Å². The van der Waals surface area contributed by atoms with Gasteiger partial charge in [-0.1, -0.05) is 19.4 Å². The minimum absolute atomic E-state index is 0.198. The van der Waals surface area contributed by atoms with Crippen LogP contribution < -0.4 is 10.1 Å². The van der Waals surface area contributed by atoms with Crippen LogP contribution in [0.5, 0.6) is 5.75 Å². The van der Waals surface area contributed by atoms with Crippen LogP contribution in [-0.4, -0.2) is 12.5 Å². The van der Waals surface area contributed by atoms with E-state index in [2.05, 4.69) is 18.3 Å². The van der Waals surface area contributed by atoms with Crippen LogP contribution in [0.15, 0.2) is 24.3 Å². The number of ether oxygens (including phenoxy) is 1. The summed E-state index contributed by atoms with van der Waals surface area (Å²) in [5.74, 6) is 0.503. The van der Waals surface area contributed by atoms with Gasteiger partial charge in [0.25, 0.3) is 5.91 Å². The third-order valence-electron chi connectivity index (χ3n) is 4.37. The molecule has 0 radical (unpaired) electrons. The summed E-state index contributed by atoms with van der Waals surface area (Å²) in [5.41, 5.74) is 2.32. The number of anilines is 1. The standard InChI is InChI=1S/C20H22N2O2S/c1-2-3-11-24-15-8-6-7-14(12-15)19(23)22-20-17(13-21)16-9-4-5-10-18(16)25-20/h6-8,12H,2-5,9-11H2,1H3,(H,22,23). The van der Waals surface area contributed by atoms with E-state index in [0.717, 1.165) is 44.1 Å². The summed E-state index contributed by atoms with van der Waals surface area (Å²) < 4.78 is 5.67. The molecule has 0 saturated carbocycles. The Bertz CT molecular complexity index is 805. The highest BCUT2D eigenvalue weighted by Crippen LogP contribution is 2.37. The number of hydrogen-bond acceptors (Lipinski definition) is 4. The molecule has 25 heavy (non-hydrogen) atoms. The Labute approximate surface area is 152 Å². The molecule has 4 nitrogen and oxygen atoms in total. The average Bonchev–Trinajstić information content (AvgIpc) is 2.99. The Morgan fingerprint density at radius 3 is 3.00 bits per heavy atom. The fourth-order valence-electron chi connectivity index (χ4n) is 3.01. The van der Waals surface area contributed by atoms with Gasteiger partial charge in [0, 0.05) is 10.4 Å². The van der Waals surface area contributed by atoms with Crippen LogP contribution in [0.4, 0.5) is 5.00 Å². The number of unbranched alkanes of at least 4 members (excludes halogenated alkanes) is 1. The van der Waals surface area contributed by atoms with Crippen LogP contribution in [0.25, 0.3) is 0 Å². The second kappa shape index (κ2) is 8.17. The number of carbonyl (C=O) groups excluding carboxylic acids is 1. The van der Waals surface area contributed by atoms with Gasteiger partial charge in [-0.15, -0.1) is 11.3 Å². The van der Waals surface area contributed by atoms with Gasteiger partial charge in [-0.3, -0.25) is 4.79 Å². The molecule has 0 bridgehead atoms. The van der Waals surface area contributed by atoms with Gasteiger partial charge in [-0.2, -0.15) is 5.26 Å². The molecule has 0 fully saturated rings. The van der Waals surface area contributed by atoms with Gasteiger partial charge in [-0.25, -0.2) is 0 Å². The van der Waals surface area contributed by atoms with Gasteiger partial charge in [0.2, 0.25) is 0 Å². The number of aryl methyl sites for hydroxylation is 1. The van der Waals surface area contributed by atoms with Gasteiger partial charge in [0.15, 0.2) is 0 Å².